The lowest BCUT2D eigenvalue weighted by molar-refractivity contribution is -0.141. The summed E-state index contributed by atoms with van der Waals surface area (Å²) in [5.41, 5.74) is 7.54. The molecule has 94 valence electrons. The second-order valence-electron chi connectivity index (χ2n) is 4.78. The molecule has 0 amide bonds. The highest BCUT2D eigenvalue weighted by atomic mass is 16.7. The quantitative estimate of drug-likeness (QED) is 0.818. The third-order valence-electron chi connectivity index (χ3n) is 2.74. The highest BCUT2D eigenvalue weighted by Crippen LogP contribution is 2.24. The maximum absolute atomic E-state index is 5.74. The van der Waals surface area contributed by atoms with Crippen molar-refractivity contribution < 1.29 is 14.2 Å². The van der Waals surface area contributed by atoms with E-state index >= 15 is 0 Å². The summed E-state index contributed by atoms with van der Waals surface area (Å²) in [6, 6.07) is 5.64. The number of nitrogens with two attached hydrogens (primary N) is 1. The van der Waals surface area contributed by atoms with Crippen molar-refractivity contribution in [2.75, 3.05) is 18.9 Å². The summed E-state index contributed by atoms with van der Waals surface area (Å²) in [5, 5.41) is 0. The Bertz CT molecular complexity index is 404. The molecule has 1 atom stereocenters. The van der Waals surface area contributed by atoms with E-state index in [4.69, 9.17) is 19.9 Å². The smallest absolute Gasteiger partial charge is 0.163 e. The second kappa shape index (κ2) is 4.55. The Morgan fingerprint density at radius 2 is 2.24 bits per heavy atom. The van der Waals surface area contributed by atoms with Crippen LogP contribution in [0.3, 0.4) is 0 Å². The zero-order valence-corrected chi connectivity index (χ0v) is 10.5. The zero-order valence-electron chi connectivity index (χ0n) is 10.5. The van der Waals surface area contributed by atoms with Crippen LogP contribution in [-0.2, 0) is 9.47 Å². The van der Waals surface area contributed by atoms with Gasteiger partial charge in [0.05, 0.1) is 6.61 Å². The predicted octanol–water partition coefficient (Wildman–Crippen LogP) is 2.11. The number of anilines is 1. The molecule has 0 saturated carbocycles. The maximum Gasteiger partial charge on any atom is 0.163 e. The summed E-state index contributed by atoms with van der Waals surface area (Å²) in [7, 11) is 0. The number of ether oxygens (including phenoxy) is 3. The van der Waals surface area contributed by atoms with Crippen LogP contribution in [-0.4, -0.2) is 25.1 Å². The molecule has 1 heterocycles. The largest absolute Gasteiger partial charge is 0.491 e. The molecule has 1 unspecified atom stereocenters. The minimum absolute atomic E-state index is 0.0112. The Morgan fingerprint density at radius 3 is 2.82 bits per heavy atom. The van der Waals surface area contributed by atoms with Crippen LogP contribution in [0.5, 0.6) is 5.75 Å². The number of rotatable bonds is 3. The van der Waals surface area contributed by atoms with E-state index in [1.165, 1.54) is 0 Å². The van der Waals surface area contributed by atoms with E-state index in [1.54, 1.807) is 0 Å². The molecule has 1 aliphatic heterocycles. The molecule has 17 heavy (non-hydrogen) atoms. The molecule has 1 aromatic carbocycles. The van der Waals surface area contributed by atoms with Crippen molar-refractivity contribution in [2.45, 2.75) is 32.7 Å². The molecular weight excluding hydrogens is 218 g/mol. The van der Waals surface area contributed by atoms with Crippen molar-refractivity contribution in [3.05, 3.63) is 23.8 Å². The van der Waals surface area contributed by atoms with Gasteiger partial charge in [-0.15, -0.1) is 0 Å². The number of benzene rings is 1. The van der Waals surface area contributed by atoms with Gasteiger partial charge in [0.1, 0.15) is 18.5 Å². The first-order valence-electron chi connectivity index (χ1n) is 5.77. The van der Waals surface area contributed by atoms with Crippen LogP contribution in [0.2, 0.25) is 0 Å². The van der Waals surface area contributed by atoms with E-state index in [0.717, 1.165) is 17.0 Å². The Hall–Kier alpha value is -1.26. The van der Waals surface area contributed by atoms with Crippen molar-refractivity contribution >= 4 is 5.69 Å². The summed E-state index contributed by atoms with van der Waals surface area (Å²) >= 11 is 0. The van der Waals surface area contributed by atoms with Gasteiger partial charge in [-0.1, -0.05) is 0 Å². The molecule has 1 saturated heterocycles. The lowest BCUT2D eigenvalue weighted by atomic mass is 10.2. The van der Waals surface area contributed by atoms with Gasteiger partial charge >= 0.3 is 0 Å². The van der Waals surface area contributed by atoms with Crippen molar-refractivity contribution in [3.63, 3.8) is 0 Å². The SMILES string of the molecule is Cc1cc(OCC2COC(C)(C)O2)ccc1N. The highest BCUT2D eigenvalue weighted by molar-refractivity contribution is 5.49. The minimum atomic E-state index is -0.495. The molecule has 0 radical (unpaired) electrons. The number of nitrogen functional groups attached to an aromatic ring is 1. The van der Waals surface area contributed by atoms with Crippen LogP contribution in [0.4, 0.5) is 5.69 Å². The van der Waals surface area contributed by atoms with Gasteiger partial charge in [0.25, 0.3) is 0 Å². The molecular formula is C13H19NO3. The molecule has 1 aromatic rings. The predicted molar refractivity (Wildman–Crippen MR) is 66.0 cm³/mol. The second-order valence-corrected chi connectivity index (χ2v) is 4.78. The van der Waals surface area contributed by atoms with Crippen molar-refractivity contribution in [1.29, 1.82) is 0 Å². The average molecular weight is 237 g/mol. The topological polar surface area (TPSA) is 53.7 Å². The van der Waals surface area contributed by atoms with Crippen LogP contribution in [0.25, 0.3) is 0 Å². The van der Waals surface area contributed by atoms with Crippen LogP contribution < -0.4 is 10.5 Å². The first kappa shape index (κ1) is 12.2. The van der Waals surface area contributed by atoms with E-state index in [-0.39, 0.29) is 6.10 Å². The van der Waals surface area contributed by atoms with Crippen LogP contribution in [0, 0.1) is 6.92 Å². The molecule has 2 rings (SSSR count). The Morgan fingerprint density at radius 1 is 1.47 bits per heavy atom. The number of aryl methyl sites for hydroxylation is 1. The van der Waals surface area contributed by atoms with E-state index in [0.29, 0.717) is 13.2 Å². The standard InChI is InChI=1S/C13H19NO3/c1-9-6-10(4-5-12(9)14)15-7-11-8-16-13(2,3)17-11/h4-6,11H,7-8,14H2,1-3H3. The fourth-order valence-corrected chi connectivity index (χ4v) is 1.77. The molecule has 4 nitrogen and oxygen atoms in total. The lowest BCUT2D eigenvalue weighted by Crippen LogP contribution is -2.25. The summed E-state index contributed by atoms with van der Waals surface area (Å²) in [4.78, 5) is 0. The van der Waals surface area contributed by atoms with Crippen LogP contribution in [0.15, 0.2) is 18.2 Å². The molecule has 1 fully saturated rings. The third kappa shape index (κ3) is 3.11. The van der Waals surface area contributed by atoms with E-state index in [9.17, 15) is 0 Å². The van der Waals surface area contributed by atoms with Crippen molar-refractivity contribution in [2.24, 2.45) is 0 Å². The normalized spacial score (nSPS) is 22.6. The van der Waals surface area contributed by atoms with Crippen molar-refractivity contribution in [3.8, 4) is 5.75 Å². The van der Waals surface area contributed by atoms with E-state index in [2.05, 4.69) is 0 Å². The molecule has 4 heteroatoms. The summed E-state index contributed by atoms with van der Waals surface area (Å²) in [6.07, 6.45) is -0.0112. The summed E-state index contributed by atoms with van der Waals surface area (Å²) in [5.74, 6) is 0.315. The summed E-state index contributed by atoms with van der Waals surface area (Å²) < 4.78 is 16.8. The average Bonchev–Trinajstić information content (AvgIpc) is 2.60. The molecule has 0 bridgehead atoms. The fraction of sp³-hybridized carbons (Fsp3) is 0.538. The van der Waals surface area contributed by atoms with Gasteiger partial charge in [0, 0.05) is 5.69 Å². The van der Waals surface area contributed by atoms with E-state index in [1.807, 2.05) is 39.0 Å². The number of hydrogen-bond acceptors (Lipinski definition) is 4. The van der Waals surface area contributed by atoms with Gasteiger partial charge < -0.3 is 19.9 Å². The van der Waals surface area contributed by atoms with Crippen LogP contribution in [0.1, 0.15) is 19.4 Å². The Labute approximate surface area is 102 Å². The molecule has 0 aliphatic carbocycles. The summed E-state index contributed by atoms with van der Waals surface area (Å²) in [6.45, 7) is 6.83. The van der Waals surface area contributed by atoms with Crippen molar-refractivity contribution in [1.82, 2.24) is 0 Å². The van der Waals surface area contributed by atoms with Gasteiger partial charge in [-0.05, 0) is 44.5 Å². The molecule has 0 spiro atoms. The number of hydrogen-bond donors (Lipinski definition) is 1. The van der Waals surface area contributed by atoms with Gasteiger partial charge in [-0.2, -0.15) is 0 Å². The highest BCUT2D eigenvalue weighted by Gasteiger charge is 2.32. The molecule has 1 aliphatic rings. The molecule has 0 aromatic heterocycles. The minimum Gasteiger partial charge on any atom is -0.491 e. The van der Waals surface area contributed by atoms with Gasteiger partial charge in [0.15, 0.2) is 5.79 Å². The zero-order chi connectivity index (χ0) is 12.5. The van der Waals surface area contributed by atoms with Crippen LogP contribution >= 0.6 is 0 Å². The first-order valence-corrected chi connectivity index (χ1v) is 5.77. The monoisotopic (exact) mass is 237 g/mol. The van der Waals surface area contributed by atoms with E-state index < -0.39 is 5.79 Å². The van der Waals surface area contributed by atoms with Gasteiger partial charge in [-0.3, -0.25) is 0 Å². The third-order valence-corrected chi connectivity index (χ3v) is 2.74. The van der Waals surface area contributed by atoms with Gasteiger partial charge in [-0.25, -0.2) is 0 Å². The first-order chi connectivity index (χ1) is 7.96. The Kier molecular flexibility index (Phi) is 3.26. The maximum atomic E-state index is 5.74. The lowest BCUT2D eigenvalue weighted by Gasteiger charge is -2.17. The Balaban J connectivity index is 1.88. The fourth-order valence-electron chi connectivity index (χ4n) is 1.77. The molecule has 2 N–H and O–H groups in total. The van der Waals surface area contributed by atoms with Gasteiger partial charge in [0.2, 0.25) is 0 Å².